The topological polar surface area (TPSA) is 38.9 Å². The summed E-state index contributed by atoms with van der Waals surface area (Å²) in [5, 5.41) is 0.471. The highest BCUT2D eigenvalue weighted by Gasteiger charge is 2.19. The van der Waals surface area contributed by atoms with E-state index in [9.17, 15) is 0 Å². The number of benzene rings is 1. The summed E-state index contributed by atoms with van der Waals surface area (Å²) in [5.74, 6) is -3.56. The lowest BCUT2D eigenvalue weighted by Gasteiger charge is -2.16. The lowest BCUT2D eigenvalue weighted by Crippen LogP contribution is -2.12. The molecule has 0 saturated carbocycles. The Balaban J connectivity index is 2.03. The summed E-state index contributed by atoms with van der Waals surface area (Å²) in [5.41, 5.74) is -5.40. The van der Waals surface area contributed by atoms with E-state index in [4.69, 9.17) is 31.8 Å². The van der Waals surface area contributed by atoms with E-state index in [-0.39, 0.29) is 33.3 Å². The predicted octanol–water partition coefficient (Wildman–Crippen LogP) is 7.24. The number of furan rings is 1. The van der Waals surface area contributed by atoms with Crippen molar-refractivity contribution in [1.82, 2.24) is 9.97 Å². The van der Waals surface area contributed by atoms with E-state index in [0.29, 0.717) is 0 Å². The Labute approximate surface area is 194 Å². The Morgan fingerprint density at radius 3 is 2.75 bits per heavy atom. The second-order valence-electron chi connectivity index (χ2n) is 6.14. The van der Waals surface area contributed by atoms with E-state index < -0.39 is 69.6 Å². The van der Waals surface area contributed by atoms with Crippen molar-refractivity contribution in [1.29, 1.82) is 0 Å². The maximum absolute atomic E-state index is 8.95. The summed E-state index contributed by atoms with van der Waals surface area (Å²) >= 11 is 0. The molecule has 4 aromatic rings. The number of para-hydroxylation sites is 1. The molecular formula is C25H28N2O. The molecule has 3 heteroatoms. The van der Waals surface area contributed by atoms with Gasteiger partial charge < -0.3 is 4.42 Å². The van der Waals surface area contributed by atoms with Gasteiger partial charge in [0, 0.05) is 61.1 Å². The molecule has 0 atom stereocenters. The second kappa shape index (κ2) is 7.05. The lowest BCUT2D eigenvalue weighted by atomic mass is 9.91. The van der Waals surface area contributed by atoms with Gasteiger partial charge >= 0.3 is 0 Å². The van der Waals surface area contributed by atoms with Gasteiger partial charge in [0.05, 0.1) is 5.69 Å². The zero-order valence-electron chi connectivity index (χ0n) is 34.4. The van der Waals surface area contributed by atoms with Crippen molar-refractivity contribution in [2.45, 2.75) is 58.3 Å². The van der Waals surface area contributed by atoms with E-state index in [0.717, 1.165) is 24.4 Å². The molecule has 28 heavy (non-hydrogen) atoms. The normalized spacial score (nSPS) is 26.6. The molecule has 0 spiro atoms. The van der Waals surface area contributed by atoms with Crippen molar-refractivity contribution in [3.8, 4) is 11.3 Å². The van der Waals surface area contributed by atoms with Crippen LogP contribution in [0.5, 0.6) is 0 Å². The van der Waals surface area contributed by atoms with E-state index in [1.165, 1.54) is 24.3 Å². The number of rotatable bonds is 4. The molecule has 0 amide bonds. The van der Waals surface area contributed by atoms with Gasteiger partial charge in [-0.2, -0.15) is 0 Å². The van der Waals surface area contributed by atoms with Crippen molar-refractivity contribution in [3.63, 3.8) is 0 Å². The highest BCUT2D eigenvalue weighted by molar-refractivity contribution is 6.08. The van der Waals surface area contributed by atoms with Crippen LogP contribution in [0.25, 0.3) is 33.3 Å². The van der Waals surface area contributed by atoms with Gasteiger partial charge in [-0.15, -0.1) is 0 Å². The van der Waals surface area contributed by atoms with Crippen LogP contribution < -0.4 is 0 Å². The molecule has 0 aliphatic heterocycles. The van der Waals surface area contributed by atoms with E-state index >= 15 is 0 Å². The molecule has 0 saturated heterocycles. The van der Waals surface area contributed by atoms with Gasteiger partial charge in [-0.3, -0.25) is 4.98 Å². The quantitative estimate of drug-likeness (QED) is 0.367. The van der Waals surface area contributed by atoms with Crippen molar-refractivity contribution < 1.29 is 31.8 Å². The van der Waals surface area contributed by atoms with Crippen molar-refractivity contribution >= 4 is 22.1 Å². The summed E-state index contributed by atoms with van der Waals surface area (Å²) in [6.45, 7) is -18.1. The van der Waals surface area contributed by atoms with Crippen LogP contribution in [0.3, 0.4) is 0 Å². The summed E-state index contributed by atoms with van der Waals surface area (Å²) < 4.78 is 166. The summed E-state index contributed by atoms with van der Waals surface area (Å²) in [6.07, 6.45) is -6.53. The maximum Gasteiger partial charge on any atom is 0.227 e. The van der Waals surface area contributed by atoms with Crippen molar-refractivity contribution in [2.24, 2.45) is 0 Å². The fourth-order valence-electron chi connectivity index (χ4n) is 3.00. The smallest absolute Gasteiger partial charge is 0.227 e. The number of hydrogen-bond acceptors (Lipinski definition) is 3. The first-order chi connectivity index (χ1) is 21.4. The Morgan fingerprint density at radius 1 is 1.11 bits per heavy atom. The molecule has 0 bridgehead atoms. The summed E-state index contributed by atoms with van der Waals surface area (Å²) in [7, 11) is 0. The van der Waals surface area contributed by atoms with Crippen LogP contribution >= 0.6 is 0 Å². The first-order valence-electron chi connectivity index (χ1n) is 18.2. The third-order valence-corrected chi connectivity index (χ3v) is 4.32. The van der Waals surface area contributed by atoms with Gasteiger partial charge in [-0.1, -0.05) is 46.4 Å². The van der Waals surface area contributed by atoms with Crippen LogP contribution in [0.2, 0.25) is 0 Å². The first-order valence-corrected chi connectivity index (χ1v) is 8.19. The average molecular weight is 393 g/mol. The highest BCUT2D eigenvalue weighted by Crippen LogP contribution is 2.36. The van der Waals surface area contributed by atoms with E-state index in [1.807, 2.05) is 0 Å². The first kappa shape index (κ1) is 6.41. The Bertz CT molecular complexity index is 1780. The molecule has 3 heterocycles. The average Bonchev–Trinajstić information content (AvgIpc) is 3.27. The van der Waals surface area contributed by atoms with Crippen LogP contribution in [-0.2, 0) is 5.41 Å². The molecule has 3 aromatic heterocycles. The van der Waals surface area contributed by atoms with Gasteiger partial charge in [0.2, 0.25) is 5.71 Å². The van der Waals surface area contributed by atoms with E-state index in [1.54, 1.807) is 0 Å². The zero-order valence-corrected chi connectivity index (χ0v) is 14.4. The molecule has 3 nitrogen and oxygen atoms in total. The Hall–Kier alpha value is -2.68. The van der Waals surface area contributed by atoms with Crippen LogP contribution in [-0.4, -0.2) is 9.97 Å². The SMILES string of the molecule is [2H]C([2H])([2H])C([2H])([2H])C([2H])(c1ccnc(-c2cccc3c2oc2nc(C(C([2H])([2H])[2H])(C([2H])([2H])[2H])C([2H])([2H])[2H])ccc23)c1)C([2H])([2H])C([2H])([2H])[2H]. The molecule has 0 unspecified atom stereocenters. The Morgan fingerprint density at radius 2 is 1.96 bits per heavy atom. The fraction of sp³-hybridized carbons (Fsp3) is 0.360. The minimum absolute atomic E-state index is 0.0442. The monoisotopic (exact) mass is 392 g/mol. The summed E-state index contributed by atoms with van der Waals surface area (Å²) in [6, 6.07) is 8.51. The molecule has 4 rings (SSSR count). The van der Waals surface area contributed by atoms with Gasteiger partial charge in [0.25, 0.3) is 0 Å². The number of fused-ring (bicyclic) bond motifs is 3. The highest BCUT2D eigenvalue weighted by atomic mass is 16.3. The fourth-order valence-corrected chi connectivity index (χ4v) is 3.00. The van der Waals surface area contributed by atoms with Gasteiger partial charge in [-0.05, 0) is 54.5 Å². The molecule has 0 aliphatic rings. The number of pyridine rings is 2. The van der Waals surface area contributed by atoms with Crippen molar-refractivity contribution in [2.75, 3.05) is 0 Å². The predicted molar refractivity (Wildman–Crippen MR) is 117 cm³/mol. The standard InChI is InChI=1S/C25H28N2O/c1-6-16(7-2)17-13-14-26-21(15-17)20-10-8-9-18-19-11-12-22(25(3,4)5)27-24(19)28-23(18)20/h8-16H,6-7H2,1-5H3/i1D3,2D3,3D3,4D3,5D3,6D2,7D2,16D. The van der Waals surface area contributed by atoms with Crippen LogP contribution in [0.15, 0.2) is 53.1 Å². The molecule has 0 radical (unpaired) electrons. The number of hydrogen-bond donors (Lipinski definition) is 0. The van der Waals surface area contributed by atoms with E-state index in [2.05, 4.69) is 9.97 Å². The number of nitrogens with zero attached hydrogens (tertiary/aromatic N) is 2. The van der Waals surface area contributed by atoms with Crippen LogP contribution in [0.1, 0.15) is 91.6 Å². The molecule has 0 aliphatic carbocycles. The molecule has 0 N–H and O–H groups in total. The molecule has 0 fully saturated rings. The minimum Gasteiger partial charge on any atom is -0.437 e. The minimum atomic E-state index is -3.76. The van der Waals surface area contributed by atoms with Crippen molar-refractivity contribution in [3.05, 3.63) is 59.9 Å². The second-order valence-corrected chi connectivity index (χ2v) is 6.14. The largest absolute Gasteiger partial charge is 0.437 e. The molecule has 1 aromatic carbocycles. The van der Waals surface area contributed by atoms with Gasteiger partial charge in [0.15, 0.2) is 0 Å². The maximum atomic E-state index is 8.95. The van der Waals surface area contributed by atoms with Crippen LogP contribution in [0, 0.1) is 0 Å². The summed E-state index contributed by atoms with van der Waals surface area (Å²) in [4.78, 5) is 8.25. The third kappa shape index (κ3) is 3.19. The third-order valence-electron chi connectivity index (χ3n) is 4.32. The van der Waals surface area contributed by atoms with Crippen LogP contribution in [0.4, 0.5) is 0 Å². The zero-order chi connectivity index (χ0) is 36.9. The molecule has 144 valence electrons. The number of aromatic nitrogens is 2. The lowest BCUT2D eigenvalue weighted by molar-refractivity contribution is 0.562. The van der Waals surface area contributed by atoms with Gasteiger partial charge in [0.1, 0.15) is 5.58 Å². The Kier molecular flexibility index (Phi) is 1.61. The molecular weight excluding hydrogens is 344 g/mol. The van der Waals surface area contributed by atoms with Gasteiger partial charge in [-0.25, -0.2) is 4.98 Å².